The zero-order valence-electron chi connectivity index (χ0n) is 21.6. The number of aromatic nitrogens is 2. The molecule has 1 unspecified atom stereocenters. The fourth-order valence-electron chi connectivity index (χ4n) is 4.28. The third-order valence-electron chi connectivity index (χ3n) is 6.44. The molecule has 3 aromatic rings. The van der Waals surface area contributed by atoms with Crippen molar-refractivity contribution >= 4 is 11.9 Å². The first-order valence-corrected chi connectivity index (χ1v) is 12.3. The van der Waals surface area contributed by atoms with E-state index in [0.717, 1.165) is 79.3 Å². The third-order valence-corrected chi connectivity index (χ3v) is 6.44. The topological polar surface area (TPSA) is 61.1 Å². The summed E-state index contributed by atoms with van der Waals surface area (Å²) in [4.78, 5) is 12.3. The lowest BCUT2D eigenvalue weighted by atomic mass is 9.93. The summed E-state index contributed by atoms with van der Waals surface area (Å²) in [6.07, 6.45) is 10.0. The van der Waals surface area contributed by atoms with Crippen LogP contribution in [0.15, 0.2) is 60.2 Å². The van der Waals surface area contributed by atoms with Crippen molar-refractivity contribution in [2.24, 2.45) is 11.1 Å². The normalized spacial score (nSPS) is 18.0. The lowest BCUT2D eigenvalue weighted by molar-refractivity contribution is -0.0490. The van der Waals surface area contributed by atoms with Gasteiger partial charge in [0, 0.05) is 32.4 Å². The van der Waals surface area contributed by atoms with E-state index in [1.54, 1.807) is 13.4 Å². The molecule has 2 aliphatic heterocycles. The van der Waals surface area contributed by atoms with Crippen molar-refractivity contribution in [3.05, 3.63) is 83.7 Å². The molecule has 0 amide bonds. The van der Waals surface area contributed by atoms with Crippen LogP contribution in [0.2, 0.25) is 0 Å². The van der Waals surface area contributed by atoms with Gasteiger partial charge >= 0.3 is 0 Å². The number of likely N-dealkylation sites (N-methyl/N-ethyl adjacent to an activating group) is 1. The van der Waals surface area contributed by atoms with E-state index in [4.69, 9.17) is 14.3 Å². The summed E-state index contributed by atoms with van der Waals surface area (Å²) in [5, 5.41) is 4.36. The summed E-state index contributed by atoms with van der Waals surface area (Å²) < 4.78 is 48.9. The molecule has 7 nitrogen and oxygen atoms in total. The molecular weight excluding hydrogens is 497 g/mol. The van der Waals surface area contributed by atoms with Gasteiger partial charge in [0.1, 0.15) is 11.9 Å². The van der Waals surface area contributed by atoms with Gasteiger partial charge in [-0.15, -0.1) is 0 Å². The number of nitrogens with zero attached hydrogens (tertiary/aromatic N) is 4. The first-order valence-electron chi connectivity index (χ1n) is 12.3. The van der Waals surface area contributed by atoms with Crippen LogP contribution < -0.4 is 4.74 Å². The zero-order chi connectivity index (χ0) is 27.1. The first-order chi connectivity index (χ1) is 18.4. The molecule has 5 rings (SSSR count). The molecule has 0 saturated carbocycles. The number of methoxy groups -OCH3 is 1. The van der Waals surface area contributed by atoms with E-state index in [1.165, 1.54) is 0 Å². The number of aryl methyl sites for hydroxylation is 1. The standard InChI is InChI=1S/C22H28N4O3.C6H3F3/c1-16-13-26(15-23-16)19-6-4-17(12-20(19)27-3)5-7-22-24-29-21(14-25(22)2)18-8-10-28-11-9-18;7-4-2-1-3-5(8)6(4)9/h4-7,12-13,15,18,21H,8-11,14H2,1-3H3;1-3H/b7-5+;. The van der Waals surface area contributed by atoms with Gasteiger partial charge in [0.25, 0.3) is 0 Å². The smallest absolute Gasteiger partial charge is 0.194 e. The molecule has 2 aliphatic rings. The predicted molar refractivity (Wildman–Crippen MR) is 139 cm³/mol. The van der Waals surface area contributed by atoms with Gasteiger partial charge in [0.05, 0.1) is 31.4 Å². The molecule has 0 spiro atoms. The summed E-state index contributed by atoms with van der Waals surface area (Å²) in [6, 6.07) is 8.92. The summed E-state index contributed by atoms with van der Waals surface area (Å²) >= 11 is 0. The molecule has 0 N–H and O–H groups in total. The van der Waals surface area contributed by atoms with Crippen molar-refractivity contribution in [2.45, 2.75) is 25.9 Å². The molecule has 202 valence electrons. The van der Waals surface area contributed by atoms with Crippen LogP contribution in [-0.2, 0) is 9.57 Å². The number of hydrogen-bond donors (Lipinski definition) is 0. The maximum Gasteiger partial charge on any atom is 0.194 e. The molecule has 0 radical (unpaired) electrons. The monoisotopic (exact) mass is 528 g/mol. The average molecular weight is 529 g/mol. The van der Waals surface area contributed by atoms with Gasteiger partial charge in [-0.3, -0.25) is 0 Å². The van der Waals surface area contributed by atoms with E-state index in [-0.39, 0.29) is 6.10 Å². The van der Waals surface area contributed by atoms with Crippen LogP contribution in [0.3, 0.4) is 0 Å². The van der Waals surface area contributed by atoms with E-state index >= 15 is 0 Å². The number of benzene rings is 2. The molecule has 10 heteroatoms. The van der Waals surface area contributed by atoms with Crippen LogP contribution in [0.25, 0.3) is 11.8 Å². The van der Waals surface area contributed by atoms with Crippen LogP contribution in [0.4, 0.5) is 13.2 Å². The van der Waals surface area contributed by atoms with Gasteiger partial charge in [0.15, 0.2) is 23.3 Å². The van der Waals surface area contributed by atoms with Crippen molar-refractivity contribution in [2.75, 3.05) is 33.9 Å². The van der Waals surface area contributed by atoms with Gasteiger partial charge < -0.3 is 23.8 Å². The highest BCUT2D eigenvalue weighted by atomic mass is 19.2. The number of halogens is 3. The highest BCUT2D eigenvalue weighted by Crippen LogP contribution is 2.26. The Morgan fingerprint density at radius 1 is 1.05 bits per heavy atom. The van der Waals surface area contributed by atoms with Crippen molar-refractivity contribution in [3.63, 3.8) is 0 Å². The number of rotatable bonds is 5. The number of ether oxygens (including phenoxy) is 2. The Morgan fingerprint density at radius 2 is 1.79 bits per heavy atom. The average Bonchev–Trinajstić information content (AvgIpc) is 3.37. The molecule has 38 heavy (non-hydrogen) atoms. The van der Waals surface area contributed by atoms with Crippen molar-refractivity contribution in [1.82, 2.24) is 14.5 Å². The molecule has 3 heterocycles. The van der Waals surface area contributed by atoms with Crippen LogP contribution in [-0.4, -0.2) is 60.3 Å². The lowest BCUT2D eigenvalue weighted by Crippen LogP contribution is -2.43. The van der Waals surface area contributed by atoms with E-state index in [2.05, 4.69) is 28.2 Å². The second-order valence-corrected chi connectivity index (χ2v) is 9.15. The minimum absolute atomic E-state index is 0.138. The number of imidazole rings is 1. The molecule has 1 aromatic heterocycles. The van der Waals surface area contributed by atoms with Crippen molar-refractivity contribution in [1.29, 1.82) is 0 Å². The Labute approximate surface area is 220 Å². The van der Waals surface area contributed by atoms with Crippen LogP contribution in [0, 0.1) is 30.3 Å². The summed E-state index contributed by atoms with van der Waals surface area (Å²) in [5.74, 6) is -1.60. The lowest BCUT2D eigenvalue weighted by Gasteiger charge is -2.35. The number of amidine groups is 1. The van der Waals surface area contributed by atoms with E-state index in [9.17, 15) is 13.2 Å². The molecule has 0 aliphatic carbocycles. The Hall–Kier alpha value is -3.79. The molecule has 1 fully saturated rings. The highest BCUT2D eigenvalue weighted by molar-refractivity contribution is 5.96. The summed E-state index contributed by atoms with van der Waals surface area (Å²) in [7, 11) is 3.74. The van der Waals surface area contributed by atoms with E-state index < -0.39 is 17.5 Å². The molecular formula is C28H31F3N4O3. The predicted octanol–water partition coefficient (Wildman–Crippen LogP) is 5.38. The van der Waals surface area contributed by atoms with Crippen molar-refractivity contribution in [3.8, 4) is 11.4 Å². The Kier molecular flexibility index (Phi) is 9.06. The molecule has 1 atom stereocenters. The Bertz CT molecular complexity index is 1270. The minimum atomic E-state index is -1.42. The maximum absolute atomic E-state index is 12.0. The van der Waals surface area contributed by atoms with Gasteiger partial charge in [-0.25, -0.2) is 18.2 Å². The quantitative estimate of drug-likeness (QED) is 0.417. The van der Waals surface area contributed by atoms with Gasteiger partial charge in [-0.05, 0) is 55.7 Å². The summed E-state index contributed by atoms with van der Waals surface area (Å²) in [6.45, 7) is 4.45. The van der Waals surface area contributed by atoms with Gasteiger partial charge in [-0.1, -0.05) is 23.4 Å². The number of oxime groups is 1. The van der Waals surface area contributed by atoms with Crippen LogP contribution in [0.5, 0.6) is 5.75 Å². The van der Waals surface area contributed by atoms with Crippen molar-refractivity contribution < 1.29 is 27.5 Å². The fourth-order valence-corrected chi connectivity index (χ4v) is 4.28. The van der Waals surface area contributed by atoms with Crippen LogP contribution >= 0.6 is 0 Å². The second-order valence-electron chi connectivity index (χ2n) is 9.15. The molecule has 1 saturated heterocycles. The maximum atomic E-state index is 12.0. The summed E-state index contributed by atoms with van der Waals surface area (Å²) in [5.41, 5.74) is 2.96. The minimum Gasteiger partial charge on any atom is -0.495 e. The highest BCUT2D eigenvalue weighted by Gasteiger charge is 2.30. The fraction of sp³-hybridized carbons (Fsp3) is 0.357. The largest absolute Gasteiger partial charge is 0.495 e. The third kappa shape index (κ3) is 6.74. The molecule has 2 aromatic carbocycles. The molecule has 0 bridgehead atoms. The SMILES string of the molecule is COc1cc(/C=C/C2=NOC(C3CCOCC3)CN2C)ccc1-n1cnc(C)c1.Fc1cccc(F)c1F. The Balaban J connectivity index is 0.000000317. The van der Waals surface area contributed by atoms with E-state index in [0.29, 0.717) is 5.92 Å². The van der Waals surface area contributed by atoms with Crippen LogP contribution in [0.1, 0.15) is 24.1 Å². The second kappa shape index (κ2) is 12.6. The first kappa shape index (κ1) is 27.3. The van der Waals surface area contributed by atoms with Gasteiger partial charge in [0.2, 0.25) is 0 Å². The van der Waals surface area contributed by atoms with Gasteiger partial charge in [-0.2, -0.15) is 0 Å². The number of hydrogen-bond acceptors (Lipinski definition) is 6. The Morgan fingerprint density at radius 3 is 2.39 bits per heavy atom. The zero-order valence-corrected chi connectivity index (χ0v) is 21.6. The van der Waals surface area contributed by atoms with E-state index in [1.807, 2.05) is 42.0 Å².